The molecule has 12 heavy (non-hydrogen) atoms. The van der Waals surface area contributed by atoms with E-state index in [4.69, 9.17) is 4.74 Å². The van der Waals surface area contributed by atoms with Crippen molar-refractivity contribution in [3.05, 3.63) is 11.3 Å². The summed E-state index contributed by atoms with van der Waals surface area (Å²) in [7, 11) is 0. The zero-order chi connectivity index (χ0) is 9.30. The third kappa shape index (κ3) is 1.26. The first kappa shape index (κ1) is 9.30. The average molecular weight is 168 g/mol. The van der Waals surface area contributed by atoms with Gasteiger partial charge in [-0.1, -0.05) is 13.8 Å². The molecule has 0 N–H and O–H groups in total. The Hall–Kier alpha value is -0.790. The lowest BCUT2D eigenvalue weighted by Crippen LogP contribution is -2.12. The highest BCUT2D eigenvalue weighted by Gasteiger charge is 2.35. The average Bonchev–Trinajstić information content (AvgIpc) is 2.23. The van der Waals surface area contributed by atoms with Crippen LogP contribution in [0, 0.1) is 11.8 Å². The van der Waals surface area contributed by atoms with Crippen molar-refractivity contribution < 1.29 is 9.53 Å². The van der Waals surface area contributed by atoms with Crippen LogP contribution in [0.4, 0.5) is 0 Å². The van der Waals surface area contributed by atoms with Gasteiger partial charge in [0.1, 0.15) is 0 Å². The zero-order valence-corrected chi connectivity index (χ0v) is 8.18. The summed E-state index contributed by atoms with van der Waals surface area (Å²) < 4.78 is 5.30. The van der Waals surface area contributed by atoms with Gasteiger partial charge in [0.25, 0.3) is 0 Å². The van der Waals surface area contributed by atoms with Crippen LogP contribution in [0.2, 0.25) is 0 Å². The molecular formula is C10H16O2. The molecule has 2 heteroatoms. The Morgan fingerprint density at radius 3 is 2.25 bits per heavy atom. The number of carbonyl (C=O) groups is 1. The number of hydrogen-bond acceptors (Lipinski definition) is 2. The predicted octanol–water partition coefficient (Wildman–Crippen LogP) is 2.15. The molecule has 0 bridgehead atoms. The summed E-state index contributed by atoms with van der Waals surface area (Å²) in [5, 5.41) is 0. The zero-order valence-electron chi connectivity index (χ0n) is 8.18. The van der Waals surface area contributed by atoms with Gasteiger partial charge >= 0.3 is 0 Å². The van der Waals surface area contributed by atoms with Crippen molar-refractivity contribution in [1.29, 1.82) is 0 Å². The lowest BCUT2D eigenvalue weighted by atomic mass is 9.95. The summed E-state index contributed by atoms with van der Waals surface area (Å²) in [4.78, 5) is 11.5. The highest BCUT2D eigenvalue weighted by atomic mass is 16.5. The largest absolute Gasteiger partial charge is 0.490 e. The molecule has 1 aliphatic rings. The van der Waals surface area contributed by atoms with Gasteiger partial charge in [0.2, 0.25) is 5.78 Å². The van der Waals surface area contributed by atoms with E-state index in [1.54, 1.807) is 0 Å². The Kier molecular flexibility index (Phi) is 2.55. The van der Waals surface area contributed by atoms with E-state index in [1.165, 1.54) is 0 Å². The molecule has 0 aromatic carbocycles. The van der Waals surface area contributed by atoms with E-state index >= 15 is 0 Å². The summed E-state index contributed by atoms with van der Waals surface area (Å²) in [5.41, 5.74) is 1.11. The minimum atomic E-state index is 0.103. The number of allylic oxidation sites excluding steroid dienone is 2. The fourth-order valence-corrected chi connectivity index (χ4v) is 1.54. The minimum absolute atomic E-state index is 0.103. The molecule has 2 atom stereocenters. The van der Waals surface area contributed by atoms with Crippen LogP contribution < -0.4 is 0 Å². The normalized spacial score (nSPS) is 29.8. The summed E-state index contributed by atoms with van der Waals surface area (Å²) in [5.74, 6) is 1.23. The Morgan fingerprint density at radius 2 is 1.92 bits per heavy atom. The van der Waals surface area contributed by atoms with Gasteiger partial charge in [-0.3, -0.25) is 4.79 Å². The molecule has 0 spiro atoms. The number of rotatable bonds is 2. The molecule has 0 aromatic rings. The summed E-state index contributed by atoms with van der Waals surface area (Å²) in [6.45, 7) is 8.50. The topological polar surface area (TPSA) is 26.3 Å². The molecule has 0 amide bonds. The molecule has 68 valence electrons. The van der Waals surface area contributed by atoms with E-state index in [1.807, 2.05) is 20.8 Å². The monoisotopic (exact) mass is 168 g/mol. The Labute approximate surface area is 73.6 Å². The van der Waals surface area contributed by atoms with Crippen molar-refractivity contribution in [2.45, 2.75) is 27.7 Å². The standard InChI is InChI=1S/C10H16O2/c1-5-12-10-8(4)6(2)7(3)9(10)11/h6-7H,5H2,1-4H3. The fraction of sp³-hybridized carbons (Fsp3) is 0.700. The number of ketones is 1. The summed E-state index contributed by atoms with van der Waals surface area (Å²) in [6, 6.07) is 0. The van der Waals surface area contributed by atoms with Crippen molar-refractivity contribution in [2.75, 3.05) is 6.61 Å². The van der Waals surface area contributed by atoms with Crippen LogP contribution in [-0.2, 0) is 9.53 Å². The Balaban J connectivity index is 2.88. The summed E-state index contributed by atoms with van der Waals surface area (Å²) in [6.07, 6.45) is 0. The predicted molar refractivity (Wildman–Crippen MR) is 47.7 cm³/mol. The van der Waals surface area contributed by atoms with Crippen molar-refractivity contribution >= 4 is 5.78 Å². The lowest BCUT2D eigenvalue weighted by Gasteiger charge is -2.07. The first-order valence-electron chi connectivity index (χ1n) is 4.47. The van der Waals surface area contributed by atoms with Gasteiger partial charge in [-0.15, -0.1) is 0 Å². The molecule has 0 fully saturated rings. The molecule has 0 aliphatic heterocycles. The fourth-order valence-electron chi connectivity index (χ4n) is 1.54. The van der Waals surface area contributed by atoms with E-state index in [-0.39, 0.29) is 11.7 Å². The third-order valence-electron chi connectivity index (χ3n) is 2.72. The van der Waals surface area contributed by atoms with Crippen LogP contribution >= 0.6 is 0 Å². The van der Waals surface area contributed by atoms with E-state index < -0.39 is 0 Å². The van der Waals surface area contributed by atoms with Gasteiger partial charge in [0.05, 0.1) is 6.61 Å². The molecule has 1 rings (SSSR count). The van der Waals surface area contributed by atoms with Crippen LogP contribution in [-0.4, -0.2) is 12.4 Å². The van der Waals surface area contributed by atoms with Gasteiger partial charge in [-0.05, 0) is 25.3 Å². The number of hydrogen-bond donors (Lipinski definition) is 0. The second-order valence-electron chi connectivity index (χ2n) is 3.39. The first-order valence-corrected chi connectivity index (χ1v) is 4.47. The van der Waals surface area contributed by atoms with E-state index in [0.29, 0.717) is 18.3 Å². The molecule has 2 nitrogen and oxygen atoms in total. The second-order valence-corrected chi connectivity index (χ2v) is 3.39. The number of ether oxygens (including phenoxy) is 1. The number of Topliss-reactive ketones (excluding diaryl/α,β-unsaturated/α-hetero) is 1. The van der Waals surface area contributed by atoms with Crippen LogP contribution in [0.1, 0.15) is 27.7 Å². The van der Waals surface area contributed by atoms with Crippen molar-refractivity contribution in [1.82, 2.24) is 0 Å². The van der Waals surface area contributed by atoms with E-state index in [9.17, 15) is 4.79 Å². The maximum absolute atomic E-state index is 11.5. The lowest BCUT2D eigenvalue weighted by molar-refractivity contribution is -0.121. The van der Waals surface area contributed by atoms with Crippen molar-refractivity contribution in [3.8, 4) is 0 Å². The first-order chi connectivity index (χ1) is 5.59. The van der Waals surface area contributed by atoms with Gasteiger partial charge in [0.15, 0.2) is 5.76 Å². The van der Waals surface area contributed by atoms with Gasteiger partial charge in [-0.25, -0.2) is 0 Å². The van der Waals surface area contributed by atoms with Crippen molar-refractivity contribution in [2.24, 2.45) is 11.8 Å². The Morgan fingerprint density at radius 1 is 1.33 bits per heavy atom. The highest BCUT2D eigenvalue weighted by molar-refractivity contribution is 5.98. The van der Waals surface area contributed by atoms with E-state index in [0.717, 1.165) is 5.57 Å². The molecular weight excluding hydrogens is 152 g/mol. The molecule has 0 heterocycles. The van der Waals surface area contributed by atoms with Gasteiger partial charge in [-0.2, -0.15) is 0 Å². The van der Waals surface area contributed by atoms with Crippen LogP contribution in [0.25, 0.3) is 0 Å². The summed E-state index contributed by atoms with van der Waals surface area (Å²) >= 11 is 0. The minimum Gasteiger partial charge on any atom is -0.490 e. The van der Waals surface area contributed by atoms with Gasteiger partial charge < -0.3 is 4.74 Å². The molecule has 2 unspecified atom stereocenters. The van der Waals surface area contributed by atoms with Crippen molar-refractivity contribution in [3.63, 3.8) is 0 Å². The molecule has 0 radical (unpaired) electrons. The van der Waals surface area contributed by atoms with E-state index in [2.05, 4.69) is 6.92 Å². The smallest absolute Gasteiger partial charge is 0.200 e. The second kappa shape index (κ2) is 3.30. The Bertz CT molecular complexity index is 228. The van der Waals surface area contributed by atoms with Crippen LogP contribution in [0.3, 0.4) is 0 Å². The number of carbonyl (C=O) groups excluding carboxylic acids is 1. The third-order valence-corrected chi connectivity index (χ3v) is 2.72. The maximum Gasteiger partial charge on any atom is 0.200 e. The van der Waals surface area contributed by atoms with Crippen LogP contribution in [0.5, 0.6) is 0 Å². The highest BCUT2D eigenvalue weighted by Crippen LogP contribution is 2.33. The maximum atomic E-state index is 11.5. The quantitative estimate of drug-likeness (QED) is 0.631. The van der Waals surface area contributed by atoms with Gasteiger partial charge in [0, 0.05) is 5.92 Å². The molecule has 0 saturated carbocycles. The SMILES string of the molecule is CCOC1=C(C)C(C)C(C)C1=O. The molecule has 0 aromatic heterocycles. The van der Waals surface area contributed by atoms with Crippen LogP contribution in [0.15, 0.2) is 11.3 Å². The molecule has 0 saturated heterocycles. The molecule has 1 aliphatic carbocycles.